The molecule has 0 aliphatic rings. The van der Waals surface area contributed by atoms with Gasteiger partial charge in [-0.2, -0.15) is 0 Å². The molecule has 0 aliphatic heterocycles. The van der Waals surface area contributed by atoms with Crippen LogP contribution in [0.5, 0.6) is 0 Å². The highest BCUT2D eigenvalue weighted by molar-refractivity contribution is 7.13. The zero-order chi connectivity index (χ0) is 16.9. The summed E-state index contributed by atoms with van der Waals surface area (Å²) in [5, 5.41) is 14.8. The van der Waals surface area contributed by atoms with Crippen LogP contribution in [0.2, 0.25) is 0 Å². The minimum absolute atomic E-state index is 0.134. The first kappa shape index (κ1) is 16.3. The number of carbonyl (C=O) groups is 1. The van der Waals surface area contributed by atoms with Gasteiger partial charge in [0.1, 0.15) is 0 Å². The van der Waals surface area contributed by atoms with Gasteiger partial charge in [0, 0.05) is 18.9 Å². The molecule has 6 heteroatoms. The van der Waals surface area contributed by atoms with Crippen molar-refractivity contribution in [2.24, 2.45) is 0 Å². The van der Waals surface area contributed by atoms with Gasteiger partial charge in [0.05, 0.1) is 27.9 Å². The number of nitrogens with zero attached hydrogens (tertiary/aromatic N) is 2. The highest BCUT2D eigenvalue weighted by atomic mass is 32.1. The summed E-state index contributed by atoms with van der Waals surface area (Å²) in [4.78, 5) is 21.8. The van der Waals surface area contributed by atoms with E-state index in [4.69, 9.17) is 0 Å². The number of rotatable bonds is 5. The Balaban J connectivity index is 1.67. The van der Waals surface area contributed by atoms with E-state index in [0.29, 0.717) is 16.8 Å². The first-order valence-corrected chi connectivity index (χ1v) is 8.41. The number of hydrogen-bond acceptors (Lipinski definition) is 5. The van der Waals surface area contributed by atoms with E-state index < -0.39 is 6.10 Å². The topological polar surface area (TPSA) is 75.1 Å². The molecular formula is C18H17N3O2S. The van der Waals surface area contributed by atoms with Crippen LogP contribution in [-0.4, -0.2) is 27.5 Å². The maximum Gasteiger partial charge on any atom is 0.253 e. The van der Waals surface area contributed by atoms with Crippen molar-refractivity contribution in [3.63, 3.8) is 0 Å². The number of aryl methyl sites for hydroxylation is 1. The Hall–Kier alpha value is -2.57. The summed E-state index contributed by atoms with van der Waals surface area (Å²) >= 11 is 1.61. The van der Waals surface area contributed by atoms with Crippen LogP contribution >= 0.6 is 11.3 Å². The van der Waals surface area contributed by atoms with Crippen molar-refractivity contribution in [2.75, 3.05) is 6.54 Å². The number of thiophene rings is 1. The van der Waals surface area contributed by atoms with E-state index in [1.54, 1.807) is 41.9 Å². The van der Waals surface area contributed by atoms with Crippen LogP contribution in [0.1, 0.15) is 27.7 Å². The SMILES string of the molecule is Cc1nc(-c2cccs2)ccc1C(=O)NCC(O)c1ccncc1. The monoisotopic (exact) mass is 339 g/mol. The predicted molar refractivity (Wildman–Crippen MR) is 93.8 cm³/mol. The minimum atomic E-state index is -0.768. The third kappa shape index (κ3) is 3.67. The summed E-state index contributed by atoms with van der Waals surface area (Å²) < 4.78 is 0. The van der Waals surface area contributed by atoms with Crippen molar-refractivity contribution < 1.29 is 9.90 Å². The van der Waals surface area contributed by atoms with Crippen LogP contribution in [0.25, 0.3) is 10.6 Å². The van der Waals surface area contributed by atoms with Crippen molar-refractivity contribution in [3.05, 3.63) is 71.0 Å². The molecule has 3 rings (SSSR count). The van der Waals surface area contributed by atoms with Crippen LogP contribution in [0.3, 0.4) is 0 Å². The Morgan fingerprint density at radius 1 is 1.25 bits per heavy atom. The van der Waals surface area contributed by atoms with E-state index in [1.165, 1.54) is 0 Å². The molecule has 0 radical (unpaired) electrons. The largest absolute Gasteiger partial charge is 0.387 e. The van der Waals surface area contributed by atoms with Gasteiger partial charge in [-0.1, -0.05) is 6.07 Å². The Labute approximate surface area is 144 Å². The summed E-state index contributed by atoms with van der Waals surface area (Å²) in [6, 6.07) is 11.0. The standard InChI is InChI=1S/C18H17N3O2S/c1-12-14(4-5-15(21-12)17-3-2-10-24-17)18(23)20-11-16(22)13-6-8-19-9-7-13/h2-10,16,22H,11H2,1H3,(H,20,23). The van der Waals surface area contributed by atoms with Crippen molar-refractivity contribution >= 4 is 17.2 Å². The molecule has 0 saturated carbocycles. The second-order valence-electron chi connectivity index (χ2n) is 5.31. The zero-order valence-electron chi connectivity index (χ0n) is 13.1. The molecule has 24 heavy (non-hydrogen) atoms. The van der Waals surface area contributed by atoms with Crippen molar-refractivity contribution in [1.29, 1.82) is 0 Å². The van der Waals surface area contributed by atoms with E-state index in [2.05, 4.69) is 15.3 Å². The number of aliphatic hydroxyl groups excluding tert-OH is 1. The molecule has 3 aromatic rings. The van der Waals surface area contributed by atoms with Gasteiger partial charge in [-0.3, -0.25) is 14.8 Å². The highest BCUT2D eigenvalue weighted by Crippen LogP contribution is 2.23. The van der Waals surface area contributed by atoms with Gasteiger partial charge in [-0.15, -0.1) is 11.3 Å². The Morgan fingerprint density at radius 2 is 2.04 bits per heavy atom. The normalized spacial score (nSPS) is 11.9. The maximum absolute atomic E-state index is 12.3. The van der Waals surface area contributed by atoms with Gasteiger partial charge >= 0.3 is 0 Å². The lowest BCUT2D eigenvalue weighted by Gasteiger charge is -2.13. The molecular weight excluding hydrogens is 322 g/mol. The van der Waals surface area contributed by atoms with E-state index in [0.717, 1.165) is 10.6 Å². The van der Waals surface area contributed by atoms with Crippen molar-refractivity contribution in [1.82, 2.24) is 15.3 Å². The average molecular weight is 339 g/mol. The van der Waals surface area contributed by atoms with Crippen LogP contribution in [0, 0.1) is 6.92 Å². The molecule has 0 aromatic carbocycles. The summed E-state index contributed by atoms with van der Waals surface area (Å²) in [6.45, 7) is 1.94. The zero-order valence-corrected chi connectivity index (χ0v) is 14.0. The summed E-state index contributed by atoms with van der Waals surface area (Å²) in [6.07, 6.45) is 2.45. The first-order chi connectivity index (χ1) is 11.6. The average Bonchev–Trinajstić information content (AvgIpc) is 3.14. The van der Waals surface area contributed by atoms with Crippen LogP contribution in [0.15, 0.2) is 54.2 Å². The molecule has 0 saturated heterocycles. The van der Waals surface area contributed by atoms with Gasteiger partial charge in [-0.05, 0) is 48.2 Å². The second-order valence-corrected chi connectivity index (χ2v) is 6.26. The van der Waals surface area contributed by atoms with E-state index in [-0.39, 0.29) is 12.5 Å². The molecule has 0 aliphatic carbocycles. The molecule has 1 atom stereocenters. The number of nitrogens with one attached hydrogen (secondary N) is 1. The summed E-state index contributed by atoms with van der Waals surface area (Å²) in [7, 11) is 0. The fourth-order valence-corrected chi connectivity index (χ4v) is 3.05. The molecule has 122 valence electrons. The Bertz CT molecular complexity index is 820. The van der Waals surface area contributed by atoms with Crippen LogP contribution in [0.4, 0.5) is 0 Å². The first-order valence-electron chi connectivity index (χ1n) is 7.53. The third-order valence-corrected chi connectivity index (χ3v) is 4.54. The number of amides is 1. The molecule has 5 nitrogen and oxygen atoms in total. The summed E-state index contributed by atoms with van der Waals surface area (Å²) in [5.41, 5.74) is 2.75. The summed E-state index contributed by atoms with van der Waals surface area (Å²) in [5.74, 6) is -0.245. The smallest absolute Gasteiger partial charge is 0.253 e. The number of aromatic nitrogens is 2. The fourth-order valence-electron chi connectivity index (χ4n) is 2.35. The minimum Gasteiger partial charge on any atom is -0.387 e. The maximum atomic E-state index is 12.3. The lowest BCUT2D eigenvalue weighted by Crippen LogP contribution is -2.29. The van der Waals surface area contributed by atoms with Gasteiger partial charge in [0.15, 0.2) is 0 Å². The Morgan fingerprint density at radius 3 is 2.71 bits per heavy atom. The fraction of sp³-hybridized carbons (Fsp3) is 0.167. The van der Waals surface area contributed by atoms with Gasteiger partial charge in [0.25, 0.3) is 5.91 Å². The number of hydrogen-bond donors (Lipinski definition) is 2. The van der Waals surface area contributed by atoms with Gasteiger partial charge < -0.3 is 10.4 Å². The van der Waals surface area contributed by atoms with Gasteiger partial charge in [0.2, 0.25) is 0 Å². The van der Waals surface area contributed by atoms with Gasteiger partial charge in [-0.25, -0.2) is 0 Å². The lowest BCUT2D eigenvalue weighted by molar-refractivity contribution is 0.0915. The molecule has 0 spiro atoms. The quantitative estimate of drug-likeness (QED) is 0.749. The molecule has 1 amide bonds. The number of aliphatic hydroxyl groups is 1. The van der Waals surface area contributed by atoms with E-state index in [1.807, 2.05) is 30.5 Å². The van der Waals surface area contributed by atoms with E-state index >= 15 is 0 Å². The molecule has 0 fully saturated rings. The lowest BCUT2D eigenvalue weighted by atomic mass is 10.1. The van der Waals surface area contributed by atoms with E-state index in [9.17, 15) is 9.90 Å². The second kappa shape index (κ2) is 7.33. The van der Waals surface area contributed by atoms with Crippen molar-refractivity contribution in [2.45, 2.75) is 13.0 Å². The van der Waals surface area contributed by atoms with Crippen LogP contribution in [-0.2, 0) is 0 Å². The molecule has 0 bridgehead atoms. The Kier molecular flexibility index (Phi) is 4.98. The van der Waals surface area contributed by atoms with Crippen LogP contribution < -0.4 is 5.32 Å². The molecule has 2 N–H and O–H groups in total. The highest BCUT2D eigenvalue weighted by Gasteiger charge is 2.14. The molecule has 1 unspecified atom stereocenters. The molecule has 3 heterocycles. The third-order valence-electron chi connectivity index (χ3n) is 3.65. The predicted octanol–water partition coefficient (Wildman–Crippen LogP) is 2.98. The number of pyridine rings is 2. The number of carbonyl (C=O) groups excluding carboxylic acids is 1. The molecule has 3 aromatic heterocycles. The van der Waals surface area contributed by atoms with Crippen molar-refractivity contribution in [3.8, 4) is 10.6 Å².